The van der Waals surface area contributed by atoms with E-state index in [1.807, 2.05) is 6.07 Å². The van der Waals surface area contributed by atoms with Crippen LogP contribution in [0.5, 0.6) is 0 Å². The monoisotopic (exact) mass is 305 g/mol. The third kappa shape index (κ3) is 3.01. The first-order valence-electron chi connectivity index (χ1n) is 7.18. The van der Waals surface area contributed by atoms with Crippen molar-refractivity contribution in [1.82, 2.24) is 9.78 Å². The average molecular weight is 305 g/mol. The number of aromatic nitrogens is 2. The second-order valence-corrected chi connectivity index (χ2v) is 7.16. The van der Waals surface area contributed by atoms with Gasteiger partial charge in [-0.3, -0.25) is 0 Å². The van der Waals surface area contributed by atoms with E-state index in [2.05, 4.69) is 9.82 Å². The van der Waals surface area contributed by atoms with E-state index in [9.17, 15) is 8.76 Å². The van der Waals surface area contributed by atoms with Gasteiger partial charge in [0.15, 0.2) is 21.1 Å². The van der Waals surface area contributed by atoms with Gasteiger partial charge in [-0.2, -0.15) is 9.82 Å². The van der Waals surface area contributed by atoms with Crippen LogP contribution in [0, 0.1) is 0 Å². The molecule has 1 heterocycles. The Bertz CT molecular complexity index is 663. The van der Waals surface area contributed by atoms with E-state index in [4.69, 9.17) is 0 Å². The predicted molar refractivity (Wildman–Crippen MR) is 81.6 cm³/mol. The van der Waals surface area contributed by atoms with Gasteiger partial charge in [-0.05, 0) is 25.0 Å². The van der Waals surface area contributed by atoms with Gasteiger partial charge in [0, 0.05) is 19.0 Å². The predicted octanol–water partition coefficient (Wildman–Crippen LogP) is 3.09. The van der Waals surface area contributed by atoms with Crippen molar-refractivity contribution < 1.29 is 8.76 Å². The minimum absolute atomic E-state index is 0.258. The summed E-state index contributed by atoms with van der Waals surface area (Å²) >= 11 is 0. The molecule has 1 unspecified atom stereocenters. The largest absolute Gasteiger partial charge is 0.588 e. The summed E-state index contributed by atoms with van der Waals surface area (Å²) in [6.07, 6.45) is 4.74. The van der Waals surface area contributed by atoms with Gasteiger partial charge < -0.3 is 4.55 Å². The van der Waals surface area contributed by atoms with Crippen molar-refractivity contribution in [3.63, 3.8) is 0 Å². The third-order valence-corrected chi connectivity index (χ3v) is 5.34. The van der Waals surface area contributed by atoms with E-state index < -0.39 is 10.4 Å². The Kier molecular flexibility index (Phi) is 3.82. The van der Waals surface area contributed by atoms with Gasteiger partial charge in [0.25, 0.3) is 0 Å². The molecule has 6 heteroatoms. The molecular weight excluding hydrogens is 286 g/mol. The lowest BCUT2D eigenvalue weighted by Gasteiger charge is -2.15. The molecule has 21 heavy (non-hydrogen) atoms. The lowest BCUT2D eigenvalue weighted by molar-refractivity contribution is 0.483. The molecular formula is C15H19N3O2S. The van der Waals surface area contributed by atoms with Crippen LogP contribution in [0.2, 0.25) is 0 Å². The van der Waals surface area contributed by atoms with Gasteiger partial charge in [0.2, 0.25) is 0 Å². The van der Waals surface area contributed by atoms with E-state index in [-0.39, 0.29) is 4.90 Å². The molecule has 5 nitrogen and oxygen atoms in total. The van der Waals surface area contributed by atoms with Crippen LogP contribution in [-0.4, -0.2) is 14.3 Å². The van der Waals surface area contributed by atoms with Crippen LogP contribution in [0.1, 0.15) is 37.3 Å². The number of aryl methyl sites for hydroxylation is 1. The second kappa shape index (κ2) is 5.61. The quantitative estimate of drug-likeness (QED) is 0.882. The molecule has 2 aromatic rings. The molecule has 1 N–H and O–H groups in total. The highest BCUT2D eigenvalue weighted by molar-refractivity contribution is 7.98. The van der Waals surface area contributed by atoms with Crippen LogP contribution >= 0.6 is 0 Å². The third-order valence-electron chi connectivity index (χ3n) is 3.96. The van der Waals surface area contributed by atoms with Gasteiger partial charge in [-0.15, -0.1) is 0 Å². The Morgan fingerprint density at radius 2 is 1.95 bits per heavy atom. The van der Waals surface area contributed by atoms with Crippen molar-refractivity contribution in [2.45, 2.75) is 36.5 Å². The van der Waals surface area contributed by atoms with Gasteiger partial charge >= 0.3 is 0 Å². The molecule has 0 saturated heterocycles. The number of rotatable bonds is 4. The van der Waals surface area contributed by atoms with Crippen molar-refractivity contribution in [2.24, 2.45) is 7.05 Å². The fourth-order valence-electron chi connectivity index (χ4n) is 2.80. The van der Waals surface area contributed by atoms with E-state index in [1.165, 1.54) is 12.8 Å². The van der Waals surface area contributed by atoms with Crippen molar-refractivity contribution in [1.29, 1.82) is 0 Å². The first-order chi connectivity index (χ1) is 10.1. The Morgan fingerprint density at radius 3 is 2.62 bits per heavy atom. The molecule has 0 aliphatic heterocycles. The van der Waals surface area contributed by atoms with Gasteiger partial charge in [-0.25, -0.2) is 4.68 Å². The molecule has 1 aromatic heterocycles. The zero-order valence-electron chi connectivity index (χ0n) is 12.0. The summed E-state index contributed by atoms with van der Waals surface area (Å²) in [5, 5.41) is 4.46. The SMILES string of the molecule is Cn1nc(C2CCCC2)cc1N[S+](=O)([O-])c1ccccc1. The van der Waals surface area contributed by atoms with Gasteiger partial charge in [0.05, 0.1) is 5.69 Å². The van der Waals surface area contributed by atoms with Gasteiger partial charge in [-0.1, -0.05) is 35.2 Å². The fourth-order valence-corrected chi connectivity index (χ4v) is 3.90. The Labute approximate surface area is 125 Å². The van der Waals surface area contributed by atoms with Crippen molar-refractivity contribution >= 4 is 16.2 Å². The lowest BCUT2D eigenvalue weighted by Crippen LogP contribution is -2.22. The minimum atomic E-state index is -3.56. The summed E-state index contributed by atoms with van der Waals surface area (Å²) in [5.41, 5.74) is 0.987. The standard InChI is InChI=1S/C15H19N3O2S/c1-18-15(11-14(16-18)12-7-5-6-8-12)17-21(19,20)13-9-3-2-4-10-13/h2-4,9-12H,5-8H2,1H3,(H-,17,19,20). The average Bonchev–Trinajstić information content (AvgIpc) is 3.10. The molecule has 1 atom stereocenters. The number of nitrogens with one attached hydrogen (secondary N) is 1. The van der Waals surface area contributed by atoms with E-state index in [1.54, 1.807) is 42.1 Å². The first-order valence-corrected chi connectivity index (χ1v) is 8.66. The Balaban J connectivity index is 1.83. The summed E-state index contributed by atoms with van der Waals surface area (Å²) < 4.78 is 28.9. The highest BCUT2D eigenvalue weighted by Crippen LogP contribution is 2.34. The molecule has 1 aromatic carbocycles. The molecule has 0 bridgehead atoms. The number of sulfonamides is 1. The molecule has 112 valence electrons. The van der Waals surface area contributed by atoms with Crippen LogP contribution in [0.15, 0.2) is 41.3 Å². The zero-order valence-corrected chi connectivity index (χ0v) is 12.8. The summed E-state index contributed by atoms with van der Waals surface area (Å²) in [6, 6.07) is 10.2. The van der Waals surface area contributed by atoms with Crippen molar-refractivity contribution in [3.8, 4) is 0 Å². The van der Waals surface area contributed by atoms with Crippen molar-refractivity contribution in [3.05, 3.63) is 42.1 Å². The lowest BCUT2D eigenvalue weighted by atomic mass is 10.1. The van der Waals surface area contributed by atoms with Crippen LogP contribution in [-0.2, 0) is 21.7 Å². The Morgan fingerprint density at radius 1 is 1.29 bits per heavy atom. The maximum absolute atomic E-state index is 12.3. The maximum atomic E-state index is 12.3. The fraction of sp³-hybridized carbons (Fsp3) is 0.400. The highest BCUT2D eigenvalue weighted by Gasteiger charge is 2.25. The van der Waals surface area contributed by atoms with Gasteiger partial charge in [0.1, 0.15) is 0 Å². The molecule has 1 aliphatic rings. The van der Waals surface area contributed by atoms with E-state index in [0.29, 0.717) is 11.7 Å². The van der Waals surface area contributed by atoms with Crippen LogP contribution in [0.4, 0.5) is 5.82 Å². The highest BCUT2D eigenvalue weighted by atomic mass is 32.3. The molecule has 1 saturated carbocycles. The number of hydrogen-bond acceptors (Lipinski definition) is 3. The molecule has 0 spiro atoms. The Hall–Kier alpha value is -1.66. The molecule has 0 amide bonds. The molecule has 0 radical (unpaired) electrons. The second-order valence-electron chi connectivity index (χ2n) is 5.48. The van der Waals surface area contributed by atoms with E-state index in [0.717, 1.165) is 18.5 Å². The molecule has 3 rings (SSSR count). The van der Waals surface area contributed by atoms with E-state index >= 15 is 0 Å². The summed E-state index contributed by atoms with van der Waals surface area (Å²) in [4.78, 5) is 0.258. The zero-order chi connectivity index (χ0) is 14.9. The van der Waals surface area contributed by atoms with Crippen LogP contribution in [0.25, 0.3) is 0 Å². The first kappa shape index (κ1) is 14.3. The number of nitrogens with zero attached hydrogens (tertiary/aromatic N) is 2. The maximum Gasteiger partial charge on any atom is 0.181 e. The van der Waals surface area contributed by atoms with Crippen molar-refractivity contribution in [2.75, 3.05) is 4.72 Å². The smallest absolute Gasteiger partial charge is 0.181 e. The normalized spacial score (nSPS) is 18.6. The number of hydrogen-bond donors (Lipinski definition) is 1. The molecule has 1 aliphatic carbocycles. The number of anilines is 1. The summed E-state index contributed by atoms with van der Waals surface area (Å²) in [6.45, 7) is 0. The van der Waals surface area contributed by atoms with Crippen LogP contribution < -0.4 is 4.72 Å². The van der Waals surface area contributed by atoms with Crippen LogP contribution in [0.3, 0.4) is 0 Å². The summed E-state index contributed by atoms with van der Waals surface area (Å²) in [5.74, 6) is 0.979. The topological polar surface area (TPSA) is 70.0 Å². The minimum Gasteiger partial charge on any atom is -0.588 e. The molecule has 1 fully saturated rings. The summed E-state index contributed by atoms with van der Waals surface area (Å²) in [7, 11) is -1.79. The number of benzene rings is 1.